The Morgan fingerprint density at radius 3 is 2.64 bits per heavy atom. The molecule has 0 bridgehead atoms. The highest BCUT2D eigenvalue weighted by molar-refractivity contribution is 5.94. The first kappa shape index (κ1) is 18.2. The van der Waals surface area contributed by atoms with E-state index in [1.807, 2.05) is 0 Å². The van der Waals surface area contributed by atoms with E-state index < -0.39 is 12.1 Å². The Morgan fingerprint density at radius 2 is 2.09 bits per heavy atom. The molecule has 1 rings (SSSR count). The molecule has 0 saturated heterocycles. The van der Waals surface area contributed by atoms with E-state index in [2.05, 4.69) is 13.5 Å². The van der Waals surface area contributed by atoms with Gasteiger partial charge in [0, 0.05) is 13.3 Å². The van der Waals surface area contributed by atoms with Crippen LogP contribution in [0.2, 0.25) is 0 Å². The zero-order valence-corrected chi connectivity index (χ0v) is 13.3. The van der Waals surface area contributed by atoms with E-state index in [0.717, 1.165) is 12.8 Å². The first-order valence-corrected chi connectivity index (χ1v) is 7.55. The fourth-order valence-corrected chi connectivity index (χ4v) is 2.08. The topological polar surface area (TPSA) is 76.7 Å². The Balaban J connectivity index is 2.63. The summed E-state index contributed by atoms with van der Waals surface area (Å²) in [6.45, 7) is 6.95. The third-order valence-electron chi connectivity index (χ3n) is 3.32. The van der Waals surface area contributed by atoms with Crippen molar-refractivity contribution in [3.05, 3.63) is 35.8 Å². The Kier molecular flexibility index (Phi) is 7.60. The van der Waals surface area contributed by atoms with E-state index in [1.54, 1.807) is 12.1 Å². The number of hydrogen-bond donors (Lipinski definition) is 1. The van der Waals surface area contributed by atoms with Crippen LogP contribution in [0.3, 0.4) is 0 Å². The number of furan rings is 1. The first-order valence-electron chi connectivity index (χ1n) is 7.55. The lowest BCUT2D eigenvalue weighted by atomic mass is 10.0. The Bertz CT molecular complexity index is 515. The lowest BCUT2D eigenvalue weighted by Gasteiger charge is -2.14. The van der Waals surface area contributed by atoms with Crippen molar-refractivity contribution >= 4 is 11.8 Å². The predicted molar refractivity (Wildman–Crippen MR) is 82.0 cm³/mol. The number of rotatable bonds is 10. The molecule has 5 heteroatoms. The number of hydrogen-bond acceptors (Lipinski definition) is 5. The minimum atomic E-state index is -0.624. The van der Waals surface area contributed by atoms with E-state index in [0.29, 0.717) is 29.9 Å². The number of esters is 1. The molecule has 5 nitrogen and oxygen atoms in total. The van der Waals surface area contributed by atoms with Gasteiger partial charge in [0.2, 0.25) is 0 Å². The number of aliphatic hydroxyl groups is 1. The molecule has 0 saturated carbocycles. The summed E-state index contributed by atoms with van der Waals surface area (Å²) in [5.74, 6) is 0.376. The van der Waals surface area contributed by atoms with Gasteiger partial charge in [-0.1, -0.05) is 19.9 Å². The molecule has 0 radical (unpaired) electrons. The molecular formula is C17H24O5. The summed E-state index contributed by atoms with van der Waals surface area (Å²) < 4.78 is 10.6. The lowest BCUT2D eigenvalue weighted by molar-refractivity contribution is -0.148. The maximum atomic E-state index is 12.0. The average molecular weight is 308 g/mol. The molecule has 1 aromatic heterocycles. The van der Waals surface area contributed by atoms with Crippen LogP contribution in [-0.2, 0) is 20.9 Å². The van der Waals surface area contributed by atoms with Crippen LogP contribution in [0.15, 0.2) is 28.7 Å². The van der Waals surface area contributed by atoms with Gasteiger partial charge in [-0.15, -0.1) is 0 Å². The third kappa shape index (κ3) is 5.85. The molecule has 0 aliphatic rings. The Hall–Kier alpha value is -1.88. The number of ketones is 1. The Labute approximate surface area is 131 Å². The lowest BCUT2D eigenvalue weighted by Crippen LogP contribution is -2.11. The van der Waals surface area contributed by atoms with Gasteiger partial charge in [-0.05, 0) is 37.0 Å². The molecule has 0 aliphatic carbocycles. The van der Waals surface area contributed by atoms with Gasteiger partial charge < -0.3 is 14.3 Å². The number of carbonyl (C=O) groups excluding carboxylic acids is 2. The van der Waals surface area contributed by atoms with Crippen molar-refractivity contribution in [3.8, 4) is 0 Å². The molecule has 0 unspecified atom stereocenters. The summed E-state index contributed by atoms with van der Waals surface area (Å²) in [4.78, 5) is 23.2. The van der Waals surface area contributed by atoms with Gasteiger partial charge in [-0.3, -0.25) is 9.59 Å². The van der Waals surface area contributed by atoms with Crippen molar-refractivity contribution in [2.45, 2.75) is 58.7 Å². The van der Waals surface area contributed by atoms with E-state index in [4.69, 9.17) is 14.3 Å². The fraction of sp³-hybridized carbons (Fsp3) is 0.529. The van der Waals surface area contributed by atoms with Crippen molar-refractivity contribution in [3.63, 3.8) is 0 Å². The van der Waals surface area contributed by atoms with Crippen LogP contribution in [-0.4, -0.2) is 16.9 Å². The van der Waals surface area contributed by atoms with Crippen molar-refractivity contribution in [2.75, 3.05) is 0 Å². The van der Waals surface area contributed by atoms with E-state index in [1.165, 1.54) is 6.92 Å². The third-order valence-corrected chi connectivity index (χ3v) is 3.32. The number of aliphatic hydroxyl groups excluding tert-OH is 1. The molecule has 1 atom stereocenters. The summed E-state index contributed by atoms with van der Waals surface area (Å²) in [6, 6.07) is 3.27. The first-order chi connectivity index (χ1) is 10.5. The largest absolute Gasteiger partial charge is 0.460 e. The van der Waals surface area contributed by atoms with Gasteiger partial charge in [-0.2, -0.15) is 0 Å². The maximum Gasteiger partial charge on any atom is 0.303 e. The molecule has 22 heavy (non-hydrogen) atoms. The number of allylic oxidation sites excluding steroid dienone is 1. The fourth-order valence-electron chi connectivity index (χ4n) is 2.08. The molecule has 0 spiro atoms. The molecule has 0 aromatic carbocycles. The van der Waals surface area contributed by atoms with Crippen LogP contribution in [0.5, 0.6) is 0 Å². The van der Waals surface area contributed by atoms with Gasteiger partial charge in [0.15, 0.2) is 11.9 Å². The summed E-state index contributed by atoms with van der Waals surface area (Å²) in [5, 5.41) is 9.02. The van der Waals surface area contributed by atoms with Gasteiger partial charge in [0.1, 0.15) is 18.1 Å². The molecule has 1 aromatic rings. The molecule has 0 fully saturated rings. The monoisotopic (exact) mass is 308 g/mol. The van der Waals surface area contributed by atoms with Crippen LogP contribution in [0.25, 0.3) is 0 Å². The van der Waals surface area contributed by atoms with E-state index >= 15 is 0 Å². The van der Waals surface area contributed by atoms with E-state index in [-0.39, 0.29) is 18.8 Å². The minimum Gasteiger partial charge on any atom is -0.460 e. The average Bonchev–Trinajstić information content (AvgIpc) is 2.97. The minimum absolute atomic E-state index is 0.0143. The van der Waals surface area contributed by atoms with Crippen molar-refractivity contribution in [1.29, 1.82) is 0 Å². The highest BCUT2D eigenvalue weighted by Crippen LogP contribution is 2.26. The zero-order valence-electron chi connectivity index (χ0n) is 13.3. The SMILES string of the molecule is C=C(CCCC)C(=O)CC[C@H](OC(C)=O)c1ccc(CO)o1. The normalized spacial score (nSPS) is 12.0. The molecular weight excluding hydrogens is 284 g/mol. The molecule has 1 heterocycles. The second kappa shape index (κ2) is 9.20. The summed E-state index contributed by atoms with van der Waals surface area (Å²) in [7, 11) is 0. The number of ether oxygens (including phenoxy) is 1. The number of Topliss-reactive ketones (excluding diaryl/α,β-unsaturated/α-hetero) is 1. The summed E-state index contributed by atoms with van der Waals surface area (Å²) >= 11 is 0. The second-order valence-electron chi connectivity index (χ2n) is 5.23. The Morgan fingerprint density at radius 1 is 1.36 bits per heavy atom. The quantitative estimate of drug-likeness (QED) is 0.529. The van der Waals surface area contributed by atoms with Crippen LogP contribution in [0.4, 0.5) is 0 Å². The standard InChI is InChI=1S/C17H24O5/c1-4-5-6-12(2)15(20)8-10-16(21-13(3)19)17-9-7-14(11-18)22-17/h7,9,16,18H,2,4-6,8,10-11H2,1,3H3/t16-/m0/s1. The zero-order chi connectivity index (χ0) is 16.5. The van der Waals surface area contributed by atoms with Crippen molar-refractivity contribution < 1.29 is 23.8 Å². The maximum absolute atomic E-state index is 12.0. The molecule has 0 aliphatic heterocycles. The number of carbonyl (C=O) groups is 2. The highest BCUT2D eigenvalue weighted by Gasteiger charge is 2.21. The second-order valence-corrected chi connectivity index (χ2v) is 5.23. The van der Waals surface area contributed by atoms with Gasteiger partial charge >= 0.3 is 5.97 Å². The summed E-state index contributed by atoms with van der Waals surface area (Å²) in [5.41, 5.74) is 0.610. The smallest absolute Gasteiger partial charge is 0.303 e. The van der Waals surface area contributed by atoms with Gasteiger partial charge in [0.05, 0.1) is 0 Å². The number of unbranched alkanes of at least 4 members (excludes halogenated alkanes) is 1. The molecule has 1 N–H and O–H groups in total. The van der Waals surface area contributed by atoms with E-state index in [9.17, 15) is 9.59 Å². The van der Waals surface area contributed by atoms with Crippen LogP contribution in [0.1, 0.15) is 63.6 Å². The predicted octanol–water partition coefficient (Wildman–Crippen LogP) is 3.47. The highest BCUT2D eigenvalue weighted by atomic mass is 16.6. The van der Waals surface area contributed by atoms with Crippen molar-refractivity contribution in [2.24, 2.45) is 0 Å². The van der Waals surface area contributed by atoms with Crippen LogP contribution in [0, 0.1) is 0 Å². The van der Waals surface area contributed by atoms with Crippen LogP contribution < -0.4 is 0 Å². The van der Waals surface area contributed by atoms with Gasteiger partial charge in [0.25, 0.3) is 0 Å². The van der Waals surface area contributed by atoms with Crippen LogP contribution >= 0.6 is 0 Å². The molecule has 0 amide bonds. The van der Waals surface area contributed by atoms with Crippen molar-refractivity contribution in [1.82, 2.24) is 0 Å². The van der Waals surface area contributed by atoms with Gasteiger partial charge in [-0.25, -0.2) is 0 Å². The summed E-state index contributed by atoms with van der Waals surface area (Å²) in [6.07, 6.45) is 2.61. The molecule has 122 valence electrons.